The van der Waals surface area contributed by atoms with Crippen LogP contribution in [0.5, 0.6) is 0 Å². The highest BCUT2D eigenvalue weighted by molar-refractivity contribution is 6.31. The van der Waals surface area contributed by atoms with Gasteiger partial charge in [-0.25, -0.2) is 9.97 Å². The molecule has 0 bridgehead atoms. The number of hydrogen-bond acceptors (Lipinski definition) is 6. The summed E-state index contributed by atoms with van der Waals surface area (Å²) in [6.07, 6.45) is 1.54. The molecule has 0 radical (unpaired) electrons. The lowest BCUT2D eigenvalue weighted by atomic mass is 10.4. The first-order chi connectivity index (χ1) is 8.63. The van der Waals surface area contributed by atoms with E-state index in [0.717, 1.165) is 0 Å². The molecular formula is C10H9ClN6O. The van der Waals surface area contributed by atoms with Crippen LogP contribution in [0.3, 0.4) is 0 Å². The third-order valence-corrected chi connectivity index (χ3v) is 2.66. The van der Waals surface area contributed by atoms with Crippen LogP contribution in [0.1, 0.15) is 11.7 Å². The van der Waals surface area contributed by atoms with Crippen LogP contribution in [-0.2, 0) is 6.54 Å². The second-order valence-corrected chi connectivity index (χ2v) is 4.22. The van der Waals surface area contributed by atoms with Crippen molar-refractivity contribution in [2.45, 2.75) is 13.5 Å². The van der Waals surface area contributed by atoms with E-state index in [1.165, 1.54) is 0 Å². The molecule has 92 valence electrons. The van der Waals surface area contributed by atoms with Crippen molar-refractivity contribution in [3.63, 3.8) is 0 Å². The summed E-state index contributed by atoms with van der Waals surface area (Å²) in [5.41, 5.74) is 7.12. The Morgan fingerprint density at radius 3 is 3.00 bits per heavy atom. The van der Waals surface area contributed by atoms with Crippen LogP contribution in [0, 0.1) is 6.92 Å². The van der Waals surface area contributed by atoms with E-state index in [1.54, 1.807) is 23.8 Å². The number of anilines is 1. The number of imidazole rings is 1. The SMILES string of the molecule is Cc1nc(Cn2c(N)nc3cc(Cl)cnc32)no1. The molecule has 7 nitrogen and oxygen atoms in total. The van der Waals surface area contributed by atoms with Crippen molar-refractivity contribution < 1.29 is 4.52 Å². The highest BCUT2D eigenvalue weighted by Crippen LogP contribution is 2.19. The summed E-state index contributed by atoms with van der Waals surface area (Å²) in [5.74, 6) is 1.36. The van der Waals surface area contributed by atoms with Gasteiger partial charge in [0, 0.05) is 13.1 Å². The van der Waals surface area contributed by atoms with Crippen LogP contribution < -0.4 is 5.73 Å². The first kappa shape index (κ1) is 11.0. The number of rotatable bonds is 2. The zero-order valence-corrected chi connectivity index (χ0v) is 10.2. The number of nitrogens with zero attached hydrogens (tertiary/aromatic N) is 5. The van der Waals surface area contributed by atoms with Crippen molar-refractivity contribution in [3.05, 3.63) is 29.0 Å². The zero-order chi connectivity index (χ0) is 12.7. The van der Waals surface area contributed by atoms with Crippen molar-refractivity contribution in [1.82, 2.24) is 24.7 Å². The van der Waals surface area contributed by atoms with Gasteiger partial charge in [-0.3, -0.25) is 4.57 Å². The van der Waals surface area contributed by atoms with Crippen LogP contribution in [0.4, 0.5) is 5.95 Å². The average Bonchev–Trinajstić information content (AvgIpc) is 2.84. The third kappa shape index (κ3) is 1.78. The number of hydrogen-bond donors (Lipinski definition) is 1. The van der Waals surface area contributed by atoms with E-state index in [2.05, 4.69) is 20.1 Å². The van der Waals surface area contributed by atoms with E-state index in [1.807, 2.05) is 0 Å². The number of aryl methyl sites for hydroxylation is 1. The Morgan fingerprint density at radius 2 is 2.28 bits per heavy atom. The fraction of sp³-hybridized carbons (Fsp3) is 0.200. The molecular weight excluding hydrogens is 256 g/mol. The molecule has 0 aromatic carbocycles. The van der Waals surface area contributed by atoms with Crippen molar-refractivity contribution in [3.8, 4) is 0 Å². The minimum Gasteiger partial charge on any atom is -0.369 e. The minimum atomic E-state index is 0.335. The number of nitrogen functional groups attached to an aromatic ring is 1. The van der Waals surface area contributed by atoms with E-state index >= 15 is 0 Å². The zero-order valence-electron chi connectivity index (χ0n) is 9.46. The lowest BCUT2D eigenvalue weighted by Crippen LogP contribution is -2.06. The molecule has 0 saturated carbocycles. The second-order valence-electron chi connectivity index (χ2n) is 3.78. The summed E-state index contributed by atoms with van der Waals surface area (Å²) in [6.45, 7) is 2.08. The van der Waals surface area contributed by atoms with Gasteiger partial charge in [-0.15, -0.1) is 0 Å². The van der Waals surface area contributed by atoms with Gasteiger partial charge in [0.2, 0.25) is 11.8 Å². The molecule has 8 heteroatoms. The second kappa shape index (κ2) is 3.95. The van der Waals surface area contributed by atoms with Crippen LogP contribution in [-0.4, -0.2) is 24.7 Å². The van der Waals surface area contributed by atoms with Crippen LogP contribution in [0.2, 0.25) is 5.02 Å². The summed E-state index contributed by atoms with van der Waals surface area (Å²) in [5, 5.41) is 4.33. The third-order valence-electron chi connectivity index (χ3n) is 2.45. The predicted molar refractivity (Wildman–Crippen MR) is 65.1 cm³/mol. The summed E-state index contributed by atoms with van der Waals surface area (Å²) >= 11 is 5.85. The lowest BCUT2D eigenvalue weighted by Gasteiger charge is -2.01. The van der Waals surface area contributed by atoms with E-state index in [0.29, 0.717) is 40.4 Å². The topological polar surface area (TPSA) is 95.7 Å². The molecule has 0 aliphatic heterocycles. The van der Waals surface area contributed by atoms with E-state index in [9.17, 15) is 0 Å². The normalized spacial score (nSPS) is 11.2. The van der Waals surface area contributed by atoms with Gasteiger partial charge in [-0.05, 0) is 6.07 Å². The standard InChI is InChI=1S/C10H9ClN6O/c1-5-14-8(16-18-5)4-17-9-7(15-10(17)12)2-6(11)3-13-9/h2-3H,4H2,1H3,(H2,12,15). The summed E-state index contributed by atoms with van der Waals surface area (Å²) < 4.78 is 6.61. The van der Waals surface area contributed by atoms with E-state index < -0.39 is 0 Å². The maximum Gasteiger partial charge on any atom is 0.223 e. The molecule has 18 heavy (non-hydrogen) atoms. The first-order valence-electron chi connectivity index (χ1n) is 5.20. The number of fused-ring (bicyclic) bond motifs is 1. The fourth-order valence-electron chi connectivity index (χ4n) is 1.71. The predicted octanol–water partition coefficient (Wildman–Crippen LogP) is 1.41. The molecule has 2 N–H and O–H groups in total. The maximum atomic E-state index is 5.85. The Bertz CT molecular complexity index is 718. The van der Waals surface area contributed by atoms with Crippen LogP contribution >= 0.6 is 11.6 Å². The maximum absolute atomic E-state index is 5.85. The summed E-state index contributed by atoms with van der Waals surface area (Å²) in [7, 11) is 0. The molecule has 0 saturated heterocycles. The van der Waals surface area contributed by atoms with Crippen molar-refractivity contribution in [2.75, 3.05) is 5.73 Å². The molecule has 0 spiro atoms. The van der Waals surface area contributed by atoms with E-state index in [-0.39, 0.29) is 0 Å². The van der Waals surface area contributed by atoms with Crippen LogP contribution in [0.25, 0.3) is 11.2 Å². The Kier molecular flexibility index (Phi) is 2.41. The number of halogens is 1. The van der Waals surface area contributed by atoms with Crippen molar-refractivity contribution in [2.24, 2.45) is 0 Å². The van der Waals surface area contributed by atoms with Gasteiger partial charge in [0.15, 0.2) is 11.5 Å². The van der Waals surface area contributed by atoms with Crippen molar-refractivity contribution in [1.29, 1.82) is 0 Å². The van der Waals surface area contributed by atoms with E-state index in [4.69, 9.17) is 21.9 Å². The molecule has 3 aromatic heterocycles. The number of pyridine rings is 1. The average molecular weight is 265 g/mol. The molecule has 0 aliphatic rings. The Balaban J connectivity index is 2.08. The van der Waals surface area contributed by atoms with Gasteiger partial charge in [0.25, 0.3) is 0 Å². The molecule has 0 amide bonds. The van der Waals surface area contributed by atoms with Gasteiger partial charge in [0.05, 0.1) is 11.6 Å². The molecule has 0 fully saturated rings. The molecule has 0 aliphatic carbocycles. The number of nitrogens with two attached hydrogens (primary N) is 1. The first-order valence-corrected chi connectivity index (χ1v) is 5.58. The minimum absolute atomic E-state index is 0.335. The molecule has 0 unspecified atom stereocenters. The molecule has 3 aromatic rings. The highest BCUT2D eigenvalue weighted by atomic mass is 35.5. The smallest absolute Gasteiger partial charge is 0.223 e. The van der Waals surface area contributed by atoms with Gasteiger partial charge >= 0.3 is 0 Å². The van der Waals surface area contributed by atoms with Crippen molar-refractivity contribution >= 4 is 28.7 Å². The monoisotopic (exact) mass is 264 g/mol. The molecule has 3 heterocycles. The largest absolute Gasteiger partial charge is 0.369 e. The molecule has 3 rings (SSSR count). The molecule has 0 atom stereocenters. The van der Waals surface area contributed by atoms with Crippen LogP contribution in [0.15, 0.2) is 16.8 Å². The van der Waals surface area contributed by atoms with Gasteiger partial charge in [-0.1, -0.05) is 16.8 Å². The summed E-state index contributed by atoms with van der Waals surface area (Å²) in [6, 6.07) is 1.71. The fourth-order valence-corrected chi connectivity index (χ4v) is 1.86. The van der Waals surface area contributed by atoms with Gasteiger partial charge < -0.3 is 10.3 Å². The Morgan fingerprint density at radius 1 is 1.44 bits per heavy atom. The van der Waals surface area contributed by atoms with Gasteiger partial charge in [-0.2, -0.15) is 4.98 Å². The quantitative estimate of drug-likeness (QED) is 0.752. The highest BCUT2D eigenvalue weighted by Gasteiger charge is 2.12. The number of aromatic nitrogens is 5. The summed E-state index contributed by atoms with van der Waals surface area (Å²) in [4.78, 5) is 12.5. The Labute approximate surface area is 107 Å². The lowest BCUT2D eigenvalue weighted by molar-refractivity contribution is 0.386. The van der Waals surface area contributed by atoms with Gasteiger partial charge in [0.1, 0.15) is 5.52 Å². The Hall–Kier alpha value is -2.15.